The van der Waals surface area contributed by atoms with Crippen LogP contribution < -0.4 is 0 Å². The summed E-state index contributed by atoms with van der Waals surface area (Å²) in [5.41, 5.74) is 7.03. The Morgan fingerprint density at radius 2 is 1.30 bits per heavy atom. The van der Waals surface area contributed by atoms with Crippen molar-refractivity contribution in [3.05, 3.63) is 126 Å². The number of pyridine rings is 2. The van der Waals surface area contributed by atoms with E-state index in [0.29, 0.717) is 22.4 Å². The van der Waals surface area contributed by atoms with Crippen LogP contribution in [0, 0.1) is 0 Å². The molecule has 3 aromatic heterocycles. The van der Waals surface area contributed by atoms with Crippen molar-refractivity contribution >= 4 is 21.9 Å². The molecule has 5 nitrogen and oxygen atoms in total. The van der Waals surface area contributed by atoms with Crippen molar-refractivity contribution in [2.45, 2.75) is 58.5 Å². The first-order valence-corrected chi connectivity index (χ1v) is 16.5. The Labute approximate surface area is 289 Å². The first-order chi connectivity index (χ1) is 23.6. The second-order valence-corrected chi connectivity index (χ2v) is 14.8. The molecule has 0 spiro atoms. The van der Waals surface area contributed by atoms with Crippen LogP contribution in [-0.2, 0) is 17.0 Å². The molecule has 252 valence electrons. The fourth-order valence-electron chi connectivity index (χ4n) is 6.36. The normalized spacial score (nSPS) is 12.6. The first-order valence-electron chi connectivity index (χ1n) is 16.5. The number of phenolic OH excluding ortho intramolecular Hbond substituents is 1. The number of hydrogen-bond donors (Lipinski definition) is 1. The van der Waals surface area contributed by atoms with Gasteiger partial charge in [-0.1, -0.05) is 77.9 Å². The molecule has 7 aromatic rings. The Morgan fingerprint density at radius 1 is 0.620 bits per heavy atom. The van der Waals surface area contributed by atoms with Crippen LogP contribution in [0.4, 0.5) is 13.2 Å². The van der Waals surface area contributed by atoms with Crippen LogP contribution in [0.15, 0.2) is 110 Å². The maximum Gasteiger partial charge on any atom is 0.416 e. The van der Waals surface area contributed by atoms with Crippen LogP contribution in [0.3, 0.4) is 0 Å². The summed E-state index contributed by atoms with van der Waals surface area (Å²) in [6.45, 7) is 13.0. The smallest absolute Gasteiger partial charge is 0.416 e. The summed E-state index contributed by atoms with van der Waals surface area (Å²) in [6.07, 6.45) is 0.317. The lowest BCUT2D eigenvalue weighted by Gasteiger charge is -2.21. The van der Waals surface area contributed by atoms with E-state index in [1.54, 1.807) is 12.4 Å². The van der Waals surface area contributed by atoms with E-state index < -0.39 is 11.7 Å². The molecule has 50 heavy (non-hydrogen) atoms. The summed E-state index contributed by atoms with van der Waals surface area (Å²) in [7, 11) is 0. The van der Waals surface area contributed by atoms with Gasteiger partial charge >= 0.3 is 6.18 Å². The highest BCUT2D eigenvalue weighted by Crippen LogP contribution is 2.41. The van der Waals surface area contributed by atoms with Crippen LogP contribution in [0.5, 0.6) is 5.75 Å². The molecule has 0 atom stereocenters. The molecule has 0 aliphatic heterocycles. The summed E-state index contributed by atoms with van der Waals surface area (Å²) in [5, 5.41) is 11.9. The van der Waals surface area contributed by atoms with E-state index in [1.807, 2.05) is 34.9 Å². The average Bonchev–Trinajstić information content (AvgIpc) is 3.47. The molecule has 0 radical (unpaired) electrons. The van der Waals surface area contributed by atoms with Gasteiger partial charge in [0.25, 0.3) is 0 Å². The van der Waals surface area contributed by atoms with Gasteiger partial charge in [0.05, 0.1) is 22.8 Å². The maximum absolute atomic E-state index is 13.8. The zero-order valence-corrected chi connectivity index (χ0v) is 28.8. The van der Waals surface area contributed by atoms with Crippen molar-refractivity contribution in [1.29, 1.82) is 0 Å². The SMILES string of the molecule is CC(C)(C)c1ccc(-n2c(-c3cccc(-c4cc(C(C)(C)C)cc5cccnc45)c3)nc3c(-c4cc(C(F)(F)F)ccc4O)cncc32)cc1. The molecule has 8 heteroatoms. The number of aromatic hydroxyl groups is 1. The van der Waals surface area contributed by atoms with E-state index in [0.717, 1.165) is 57.0 Å². The number of hydrogen-bond acceptors (Lipinski definition) is 4. The van der Waals surface area contributed by atoms with Gasteiger partial charge in [0.2, 0.25) is 0 Å². The number of benzene rings is 4. The lowest BCUT2D eigenvalue weighted by Crippen LogP contribution is -2.11. The van der Waals surface area contributed by atoms with Crippen molar-refractivity contribution in [2.24, 2.45) is 0 Å². The number of nitrogens with zero attached hydrogens (tertiary/aromatic N) is 4. The fourth-order valence-corrected chi connectivity index (χ4v) is 6.36. The third-order valence-corrected chi connectivity index (χ3v) is 9.18. The molecule has 4 aromatic carbocycles. The molecule has 0 saturated heterocycles. The monoisotopic (exact) mass is 670 g/mol. The number of imidazole rings is 1. The van der Waals surface area contributed by atoms with Crippen molar-refractivity contribution in [3.8, 4) is 45.1 Å². The Bertz CT molecular complexity index is 2400. The molecular weight excluding hydrogens is 633 g/mol. The number of aromatic nitrogens is 4. The van der Waals surface area contributed by atoms with E-state index in [2.05, 4.69) is 89.0 Å². The van der Waals surface area contributed by atoms with Gasteiger partial charge in [0.1, 0.15) is 17.1 Å². The number of phenols is 1. The van der Waals surface area contributed by atoms with Crippen molar-refractivity contribution < 1.29 is 18.3 Å². The molecule has 0 aliphatic rings. The minimum atomic E-state index is -4.59. The van der Waals surface area contributed by atoms with Crippen LogP contribution in [0.25, 0.3) is 61.3 Å². The number of rotatable bonds is 4. The third-order valence-electron chi connectivity index (χ3n) is 9.18. The Morgan fingerprint density at radius 3 is 2.00 bits per heavy atom. The van der Waals surface area contributed by atoms with Gasteiger partial charge in [-0.3, -0.25) is 14.5 Å². The zero-order valence-electron chi connectivity index (χ0n) is 28.8. The average molecular weight is 671 g/mol. The molecule has 0 amide bonds. The maximum atomic E-state index is 13.8. The standard InChI is InChI=1S/C42H37F3N4O/c1-40(2,3)28-12-15-31(16-13-28)49-35-24-46-23-34(33-21-29(42(43,44)45)14-17-36(33)50)38(35)48-39(49)27-10-7-9-25(19-27)32-22-30(41(4,5)6)20-26-11-8-18-47-37(26)32/h7-24,50H,1-6H3. The molecule has 7 rings (SSSR count). The van der Waals surface area contributed by atoms with Crippen molar-refractivity contribution in [2.75, 3.05) is 0 Å². The van der Waals surface area contributed by atoms with Gasteiger partial charge in [0.15, 0.2) is 0 Å². The van der Waals surface area contributed by atoms with Crippen LogP contribution in [0.1, 0.15) is 58.2 Å². The lowest BCUT2D eigenvalue weighted by atomic mass is 9.84. The summed E-state index contributed by atoms with van der Waals surface area (Å²) in [4.78, 5) is 14.3. The molecule has 3 heterocycles. The summed E-state index contributed by atoms with van der Waals surface area (Å²) in [6, 6.07) is 27.6. The molecular formula is C42H37F3N4O. The number of alkyl halides is 3. The topological polar surface area (TPSA) is 63.8 Å². The van der Waals surface area contributed by atoms with E-state index >= 15 is 0 Å². The van der Waals surface area contributed by atoms with Gasteiger partial charge in [0, 0.05) is 45.7 Å². The van der Waals surface area contributed by atoms with Crippen LogP contribution in [-0.4, -0.2) is 24.6 Å². The number of halogens is 3. The Kier molecular flexibility index (Phi) is 7.81. The van der Waals surface area contributed by atoms with E-state index in [-0.39, 0.29) is 22.1 Å². The zero-order chi connectivity index (χ0) is 35.6. The lowest BCUT2D eigenvalue weighted by molar-refractivity contribution is -0.137. The minimum absolute atomic E-state index is 0.00231. The summed E-state index contributed by atoms with van der Waals surface area (Å²) < 4.78 is 43.4. The Hall–Kier alpha value is -5.50. The van der Waals surface area contributed by atoms with E-state index in [1.165, 1.54) is 11.8 Å². The van der Waals surface area contributed by atoms with Crippen LogP contribution in [0.2, 0.25) is 0 Å². The highest BCUT2D eigenvalue weighted by molar-refractivity contribution is 5.98. The van der Waals surface area contributed by atoms with Gasteiger partial charge in [-0.05, 0) is 82.1 Å². The predicted molar refractivity (Wildman–Crippen MR) is 195 cm³/mol. The fraction of sp³-hybridized carbons (Fsp3) is 0.214. The molecule has 0 bridgehead atoms. The van der Waals surface area contributed by atoms with E-state index in [4.69, 9.17) is 9.97 Å². The minimum Gasteiger partial charge on any atom is -0.507 e. The van der Waals surface area contributed by atoms with Crippen LogP contribution >= 0.6 is 0 Å². The van der Waals surface area contributed by atoms with Gasteiger partial charge in [-0.25, -0.2) is 4.98 Å². The van der Waals surface area contributed by atoms with E-state index in [9.17, 15) is 18.3 Å². The molecule has 1 N–H and O–H groups in total. The summed E-state index contributed by atoms with van der Waals surface area (Å²) >= 11 is 0. The van der Waals surface area contributed by atoms with Gasteiger partial charge < -0.3 is 5.11 Å². The van der Waals surface area contributed by atoms with Gasteiger partial charge in [-0.2, -0.15) is 13.2 Å². The largest absolute Gasteiger partial charge is 0.507 e. The molecule has 0 unspecified atom stereocenters. The molecule has 0 fully saturated rings. The highest BCUT2D eigenvalue weighted by atomic mass is 19.4. The highest BCUT2D eigenvalue weighted by Gasteiger charge is 2.32. The quantitative estimate of drug-likeness (QED) is 0.202. The second kappa shape index (κ2) is 11.8. The first kappa shape index (κ1) is 33.0. The molecule has 0 saturated carbocycles. The molecule has 0 aliphatic carbocycles. The summed E-state index contributed by atoms with van der Waals surface area (Å²) in [5.74, 6) is 0.286. The number of fused-ring (bicyclic) bond motifs is 2. The third kappa shape index (κ3) is 5.99. The Balaban J connectivity index is 1.49. The van der Waals surface area contributed by atoms with Gasteiger partial charge in [-0.15, -0.1) is 0 Å². The van der Waals surface area contributed by atoms with Crippen molar-refractivity contribution in [3.63, 3.8) is 0 Å². The second-order valence-electron chi connectivity index (χ2n) is 14.8. The van der Waals surface area contributed by atoms with Crippen molar-refractivity contribution in [1.82, 2.24) is 19.5 Å². The predicted octanol–water partition coefficient (Wildman–Crippen LogP) is 11.3.